The molecular weight excluding hydrogens is 150 g/mol. The fourth-order valence-electron chi connectivity index (χ4n) is 0.634. The molecule has 0 fully saturated rings. The van der Waals surface area contributed by atoms with E-state index in [9.17, 15) is 4.53 Å². The number of rotatable bonds is 3. The maximum atomic E-state index is 11.2. The van der Waals surface area contributed by atoms with E-state index in [1.165, 1.54) is 0 Å². The Kier molecular flexibility index (Phi) is 2.89. The largest absolute Gasteiger partial charge is 0.743 e. The monoisotopic (exact) mass is 156 g/mol. The lowest BCUT2D eigenvalue weighted by atomic mass is 10.2. The Morgan fingerprint density at radius 1 is 1.27 bits per heavy atom. The summed E-state index contributed by atoms with van der Waals surface area (Å²) >= 11 is 0. The maximum absolute atomic E-state index is 11.2. The van der Waals surface area contributed by atoms with Gasteiger partial charge in [-0.25, -0.2) is 0 Å². The predicted molar refractivity (Wildman–Crippen MR) is 37.2 cm³/mol. The first kappa shape index (κ1) is 8.04. The van der Waals surface area contributed by atoms with Crippen LogP contribution in [0.5, 0.6) is 5.75 Å². The van der Waals surface area contributed by atoms with Crippen molar-refractivity contribution in [2.75, 3.05) is 0 Å². The van der Waals surface area contributed by atoms with Crippen LogP contribution in [-0.2, 0) is 4.86 Å². The molecule has 5 heteroatoms. The lowest BCUT2D eigenvalue weighted by Gasteiger charge is -2.03. The third-order valence-electron chi connectivity index (χ3n) is 1.06. The molecule has 0 saturated carbocycles. The van der Waals surface area contributed by atoms with Gasteiger partial charge in [-0.3, -0.25) is 0 Å². The quantitative estimate of drug-likeness (QED) is 0.661. The minimum Gasteiger partial charge on any atom is -0.510 e. The van der Waals surface area contributed by atoms with Crippen LogP contribution in [0.1, 0.15) is 0 Å². The Labute approximate surface area is 63.4 Å². The second-order valence-corrected chi connectivity index (χ2v) is 1.83. The molecule has 0 aliphatic rings. The smallest absolute Gasteiger partial charge is 0.510 e. The van der Waals surface area contributed by atoms with Crippen LogP contribution in [-0.4, -0.2) is 12.3 Å². The molecule has 1 aromatic rings. The molecular formula is C6H6BFO3. The van der Waals surface area contributed by atoms with Crippen molar-refractivity contribution in [3.8, 4) is 5.75 Å². The van der Waals surface area contributed by atoms with Crippen molar-refractivity contribution < 1.29 is 19.1 Å². The van der Waals surface area contributed by atoms with Crippen LogP contribution >= 0.6 is 0 Å². The van der Waals surface area contributed by atoms with Crippen molar-refractivity contribution in [3.05, 3.63) is 30.3 Å². The summed E-state index contributed by atoms with van der Waals surface area (Å²) in [5.41, 5.74) is 0. The molecule has 0 atom stereocenters. The Morgan fingerprint density at radius 3 is 2.45 bits per heavy atom. The van der Waals surface area contributed by atoms with E-state index in [-0.39, 0.29) is 0 Å². The molecule has 0 bridgehead atoms. The number of halogens is 1. The summed E-state index contributed by atoms with van der Waals surface area (Å²) in [6.45, 7) is 0. The van der Waals surface area contributed by atoms with E-state index in [0.29, 0.717) is 5.75 Å². The maximum Gasteiger partial charge on any atom is 0.743 e. The van der Waals surface area contributed by atoms with Gasteiger partial charge in [0.15, 0.2) is 0 Å². The molecule has 0 aromatic heterocycles. The molecule has 58 valence electrons. The van der Waals surface area contributed by atoms with Crippen LogP contribution in [0.4, 0.5) is 4.53 Å². The number of hydrogen-bond donors (Lipinski definition) is 1. The Bertz CT molecular complexity index is 206. The van der Waals surface area contributed by atoms with E-state index < -0.39 is 7.32 Å². The van der Waals surface area contributed by atoms with Crippen molar-refractivity contribution in [2.45, 2.75) is 0 Å². The van der Waals surface area contributed by atoms with Crippen LogP contribution in [0.2, 0.25) is 0 Å². The minimum absolute atomic E-state index is 0.345. The molecule has 1 N–H and O–H groups in total. The highest BCUT2D eigenvalue weighted by Crippen LogP contribution is 2.08. The van der Waals surface area contributed by atoms with E-state index >= 15 is 0 Å². The summed E-state index contributed by atoms with van der Waals surface area (Å²) in [6.07, 6.45) is 0. The highest BCUT2D eigenvalue weighted by Gasteiger charge is 2.18. The van der Waals surface area contributed by atoms with Crippen molar-refractivity contribution in [3.63, 3.8) is 0 Å². The molecule has 0 aliphatic heterocycles. The fraction of sp³-hybridized carbons (Fsp3) is 0. The van der Waals surface area contributed by atoms with Crippen LogP contribution in [0, 0.1) is 0 Å². The molecule has 1 aromatic carbocycles. The molecule has 0 aliphatic carbocycles. The van der Waals surface area contributed by atoms with Gasteiger partial charge in [0, 0.05) is 0 Å². The second kappa shape index (κ2) is 3.95. The molecule has 11 heavy (non-hydrogen) atoms. The topological polar surface area (TPSA) is 38.7 Å². The molecule has 1 rings (SSSR count). The van der Waals surface area contributed by atoms with Crippen molar-refractivity contribution in [1.82, 2.24) is 0 Å². The van der Waals surface area contributed by atoms with Crippen molar-refractivity contribution in [2.24, 2.45) is 0 Å². The van der Waals surface area contributed by atoms with Gasteiger partial charge in [-0.2, -0.15) is 4.86 Å². The number of benzene rings is 1. The van der Waals surface area contributed by atoms with Gasteiger partial charge in [0.2, 0.25) is 0 Å². The van der Waals surface area contributed by atoms with Gasteiger partial charge in [-0.05, 0) is 12.1 Å². The molecule has 0 spiro atoms. The lowest BCUT2D eigenvalue weighted by Crippen LogP contribution is -2.22. The predicted octanol–water partition coefficient (Wildman–Crippen LogP) is 0.944. The van der Waals surface area contributed by atoms with E-state index in [1.807, 2.05) is 0 Å². The highest BCUT2D eigenvalue weighted by molar-refractivity contribution is 6.35. The minimum atomic E-state index is -1.85. The Morgan fingerprint density at radius 2 is 1.91 bits per heavy atom. The summed E-state index contributed by atoms with van der Waals surface area (Å²) in [5, 5.41) is 8.49. The van der Waals surface area contributed by atoms with Crippen LogP contribution in [0.15, 0.2) is 30.3 Å². The van der Waals surface area contributed by atoms with E-state index in [4.69, 9.17) is 5.02 Å². The third-order valence-corrected chi connectivity index (χ3v) is 1.06. The van der Waals surface area contributed by atoms with Gasteiger partial charge >= 0.3 is 7.32 Å². The second-order valence-electron chi connectivity index (χ2n) is 1.83. The Hall–Kier alpha value is -1.07. The third kappa shape index (κ3) is 2.57. The number of hydrogen-bond acceptors (Lipinski definition) is 3. The van der Waals surface area contributed by atoms with E-state index in [1.54, 1.807) is 30.3 Å². The average Bonchev–Trinajstić information content (AvgIpc) is 2.06. The van der Waals surface area contributed by atoms with Gasteiger partial charge in [0.1, 0.15) is 5.75 Å². The molecule has 0 amide bonds. The summed E-state index contributed by atoms with van der Waals surface area (Å²) in [7, 11) is -1.85. The molecule has 0 heterocycles. The van der Waals surface area contributed by atoms with Gasteiger partial charge in [-0.15, -0.1) is 0 Å². The first-order valence-corrected chi connectivity index (χ1v) is 3.00. The zero-order valence-corrected chi connectivity index (χ0v) is 5.61. The van der Waals surface area contributed by atoms with Gasteiger partial charge in [0.05, 0.1) is 0 Å². The van der Waals surface area contributed by atoms with E-state index in [0.717, 1.165) is 0 Å². The summed E-state index contributed by atoms with van der Waals surface area (Å²) in [6, 6.07) is 8.31. The Balaban J connectivity index is 2.51. The van der Waals surface area contributed by atoms with Gasteiger partial charge in [-0.1, -0.05) is 22.7 Å². The summed E-state index contributed by atoms with van der Waals surface area (Å²) in [5.74, 6) is 0.345. The average molecular weight is 156 g/mol. The fourth-order valence-corrected chi connectivity index (χ4v) is 0.634. The van der Waals surface area contributed by atoms with E-state index in [2.05, 4.69) is 9.51 Å². The molecule has 0 saturated heterocycles. The van der Waals surface area contributed by atoms with Crippen LogP contribution < -0.4 is 4.65 Å². The number of para-hydroxylation sites is 1. The molecule has 0 radical (unpaired) electrons. The van der Waals surface area contributed by atoms with Crippen LogP contribution in [0.3, 0.4) is 0 Å². The molecule has 3 nitrogen and oxygen atoms in total. The zero-order valence-electron chi connectivity index (χ0n) is 5.61. The van der Waals surface area contributed by atoms with Gasteiger partial charge < -0.3 is 9.68 Å². The summed E-state index contributed by atoms with van der Waals surface area (Å²) in [4.78, 5) is 2.99. The SMILES string of the molecule is OB(OF)Oc1ccccc1. The standard InChI is InChI=1S/C6H6BFO3/c8-11-7(9)10-6-4-2-1-3-5-6/h1-5,9H. The highest BCUT2D eigenvalue weighted by atomic mass is 19.3. The van der Waals surface area contributed by atoms with Crippen molar-refractivity contribution >= 4 is 7.32 Å². The van der Waals surface area contributed by atoms with Crippen molar-refractivity contribution in [1.29, 1.82) is 0 Å². The lowest BCUT2D eigenvalue weighted by molar-refractivity contribution is -0.0527. The molecule has 0 unspecified atom stereocenters. The zero-order chi connectivity index (χ0) is 8.10. The van der Waals surface area contributed by atoms with Crippen LogP contribution in [0.25, 0.3) is 0 Å². The normalized spacial score (nSPS) is 9.27. The first-order chi connectivity index (χ1) is 5.33. The first-order valence-electron chi connectivity index (χ1n) is 3.00. The summed E-state index contributed by atoms with van der Waals surface area (Å²) < 4.78 is 15.7. The van der Waals surface area contributed by atoms with Gasteiger partial charge in [0.25, 0.3) is 0 Å².